The number of fused-ring (bicyclic) bond motifs is 1. The van der Waals surface area contributed by atoms with Crippen molar-refractivity contribution in [1.82, 2.24) is 5.32 Å². The Hall–Kier alpha value is -1.99. The molecule has 0 aliphatic carbocycles. The summed E-state index contributed by atoms with van der Waals surface area (Å²) >= 11 is 1.28. The third kappa shape index (κ3) is 3.39. The van der Waals surface area contributed by atoms with Gasteiger partial charge in [0.25, 0.3) is 0 Å². The Morgan fingerprint density at radius 2 is 1.76 bits per heavy atom. The summed E-state index contributed by atoms with van der Waals surface area (Å²) in [4.78, 5) is 2.65. The van der Waals surface area contributed by atoms with Crippen LogP contribution in [-0.2, 0) is 0 Å². The van der Waals surface area contributed by atoms with Crippen molar-refractivity contribution in [3.63, 3.8) is 0 Å². The summed E-state index contributed by atoms with van der Waals surface area (Å²) in [6.45, 7) is 4.38. The predicted octanol–water partition coefficient (Wildman–Crippen LogP) is 3.28. The van der Waals surface area contributed by atoms with Crippen LogP contribution < -0.4 is 19.3 Å². The van der Waals surface area contributed by atoms with Gasteiger partial charge in [-0.25, -0.2) is 8.78 Å². The molecule has 4 rings (SSSR count). The van der Waals surface area contributed by atoms with E-state index in [1.165, 1.54) is 30.1 Å². The van der Waals surface area contributed by atoms with Gasteiger partial charge in [0.15, 0.2) is 5.75 Å². The lowest BCUT2D eigenvalue weighted by atomic mass is 10.2. The molecular weight excluding hydrogens is 344 g/mol. The number of hydrogen-bond acceptors (Lipinski definition) is 5. The molecule has 0 amide bonds. The van der Waals surface area contributed by atoms with E-state index in [1.54, 1.807) is 18.2 Å². The highest BCUT2D eigenvalue weighted by molar-refractivity contribution is 8.00. The lowest BCUT2D eigenvalue weighted by Gasteiger charge is -2.36. The lowest BCUT2D eigenvalue weighted by molar-refractivity contribution is 0.316. The van der Waals surface area contributed by atoms with Crippen molar-refractivity contribution in [3.05, 3.63) is 48.0 Å². The number of benzene rings is 2. The highest BCUT2D eigenvalue weighted by atomic mass is 32.2. The number of hydrogen-bond donors (Lipinski definition) is 1. The fourth-order valence-corrected chi connectivity index (χ4v) is 4.05. The van der Waals surface area contributed by atoms with Crippen LogP contribution in [0.2, 0.25) is 0 Å². The quantitative estimate of drug-likeness (QED) is 0.845. The van der Waals surface area contributed by atoms with Crippen LogP contribution in [-0.4, -0.2) is 39.3 Å². The zero-order chi connectivity index (χ0) is 17.2. The van der Waals surface area contributed by atoms with Gasteiger partial charge in [-0.1, -0.05) is 12.1 Å². The summed E-state index contributed by atoms with van der Waals surface area (Å²) in [5.74, 6) is 0.0922. The van der Waals surface area contributed by atoms with Gasteiger partial charge in [-0.05, 0) is 24.1 Å². The summed E-state index contributed by atoms with van der Waals surface area (Å²) in [6, 6.07) is 9.61. The molecule has 7 heteroatoms. The molecule has 0 unspecified atom stereocenters. The molecule has 0 atom stereocenters. The number of piperazine rings is 1. The van der Waals surface area contributed by atoms with Crippen molar-refractivity contribution in [3.8, 4) is 5.75 Å². The number of nitrogens with one attached hydrogen (secondary N) is 1. The van der Waals surface area contributed by atoms with E-state index in [2.05, 4.69) is 10.2 Å². The first kappa shape index (κ1) is 16.5. The molecule has 0 aromatic heterocycles. The number of halogens is 2. The predicted molar refractivity (Wildman–Crippen MR) is 96.6 cm³/mol. The van der Waals surface area contributed by atoms with Crippen molar-refractivity contribution >= 4 is 23.3 Å². The molecule has 0 saturated carbocycles. The SMILES string of the molecule is Fc1cc(N2CCNCC2)c2c(c1)N(Sc1ccccc1F)CCO2. The minimum atomic E-state index is -0.308. The van der Waals surface area contributed by atoms with Gasteiger partial charge in [-0.3, -0.25) is 0 Å². The van der Waals surface area contributed by atoms with E-state index in [1.807, 2.05) is 4.31 Å². The zero-order valence-electron chi connectivity index (χ0n) is 13.7. The molecule has 2 aromatic carbocycles. The van der Waals surface area contributed by atoms with Crippen molar-refractivity contribution in [2.45, 2.75) is 4.90 Å². The third-order valence-electron chi connectivity index (χ3n) is 4.33. The molecule has 0 spiro atoms. The van der Waals surface area contributed by atoms with Crippen LogP contribution in [0.15, 0.2) is 41.3 Å². The van der Waals surface area contributed by atoms with E-state index in [4.69, 9.17) is 4.74 Å². The van der Waals surface area contributed by atoms with E-state index in [9.17, 15) is 8.78 Å². The lowest BCUT2D eigenvalue weighted by Crippen LogP contribution is -2.44. The van der Waals surface area contributed by atoms with E-state index < -0.39 is 0 Å². The topological polar surface area (TPSA) is 27.7 Å². The molecule has 2 aliphatic heterocycles. The second-order valence-electron chi connectivity index (χ2n) is 5.98. The number of nitrogens with zero attached hydrogens (tertiary/aromatic N) is 2. The first-order valence-corrected chi connectivity index (χ1v) is 9.12. The van der Waals surface area contributed by atoms with Gasteiger partial charge in [0.05, 0.1) is 22.8 Å². The van der Waals surface area contributed by atoms with Gasteiger partial charge < -0.3 is 19.3 Å². The maximum absolute atomic E-state index is 14.3. The van der Waals surface area contributed by atoms with Crippen LogP contribution >= 0.6 is 11.9 Å². The Morgan fingerprint density at radius 3 is 2.56 bits per heavy atom. The van der Waals surface area contributed by atoms with Gasteiger partial charge in [-0.2, -0.15) is 0 Å². The maximum Gasteiger partial charge on any atom is 0.167 e. The van der Waals surface area contributed by atoms with E-state index in [0.717, 1.165) is 31.9 Å². The van der Waals surface area contributed by atoms with Crippen LogP contribution in [0.25, 0.3) is 0 Å². The monoisotopic (exact) mass is 363 g/mol. The molecule has 2 heterocycles. The average Bonchev–Trinajstić information content (AvgIpc) is 2.64. The summed E-state index contributed by atoms with van der Waals surface area (Å²) < 4.78 is 36.1. The normalized spacial score (nSPS) is 17.2. The van der Waals surface area contributed by atoms with Crippen molar-refractivity contribution in [2.75, 3.05) is 48.5 Å². The van der Waals surface area contributed by atoms with Crippen molar-refractivity contribution in [2.24, 2.45) is 0 Å². The van der Waals surface area contributed by atoms with Gasteiger partial charge in [-0.15, -0.1) is 0 Å². The van der Waals surface area contributed by atoms with Crippen LogP contribution in [0, 0.1) is 11.6 Å². The van der Waals surface area contributed by atoms with E-state index in [0.29, 0.717) is 29.5 Å². The Morgan fingerprint density at radius 1 is 1.00 bits per heavy atom. The summed E-state index contributed by atoms with van der Waals surface area (Å²) in [5, 5.41) is 3.29. The Kier molecular flexibility index (Phi) is 4.67. The standard InChI is InChI=1S/C18H19F2N3OS/c19-13-11-15(22-7-5-21-6-8-22)18-16(12-13)23(9-10-24-18)25-17-4-2-1-3-14(17)20/h1-4,11-12,21H,5-10H2. The third-order valence-corrected chi connectivity index (χ3v) is 5.45. The molecule has 1 fully saturated rings. The van der Waals surface area contributed by atoms with Crippen LogP contribution in [0.1, 0.15) is 0 Å². The molecule has 0 radical (unpaired) electrons. The highest BCUT2D eigenvalue weighted by Crippen LogP contribution is 2.45. The van der Waals surface area contributed by atoms with Crippen molar-refractivity contribution in [1.29, 1.82) is 0 Å². The fraction of sp³-hybridized carbons (Fsp3) is 0.333. The van der Waals surface area contributed by atoms with Gasteiger partial charge in [0.2, 0.25) is 0 Å². The Labute approximate surface area is 149 Å². The minimum Gasteiger partial charge on any atom is -0.487 e. The average molecular weight is 363 g/mol. The first-order valence-electron chi connectivity index (χ1n) is 8.34. The summed E-state index contributed by atoms with van der Waals surface area (Å²) in [7, 11) is 0. The molecule has 1 saturated heterocycles. The maximum atomic E-state index is 14.3. The van der Waals surface area contributed by atoms with Gasteiger partial charge >= 0.3 is 0 Å². The molecule has 2 aliphatic rings. The van der Waals surface area contributed by atoms with E-state index >= 15 is 0 Å². The summed E-state index contributed by atoms with van der Waals surface area (Å²) in [6.07, 6.45) is 0. The highest BCUT2D eigenvalue weighted by Gasteiger charge is 2.27. The van der Waals surface area contributed by atoms with Gasteiger partial charge in [0.1, 0.15) is 18.2 Å². The molecule has 1 N–H and O–H groups in total. The number of rotatable bonds is 3. The Balaban J connectivity index is 1.69. The zero-order valence-corrected chi connectivity index (χ0v) is 14.5. The minimum absolute atomic E-state index is 0.278. The molecule has 25 heavy (non-hydrogen) atoms. The fourth-order valence-electron chi connectivity index (χ4n) is 3.12. The first-order chi connectivity index (χ1) is 12.2. The second kappa shape index (κ2) is 7.09. The number of ether oxygens (including phenoxy) is 1. The Bertz CT molecular complexity index is 768. The second-order valence-corrected chi connectivity index (χ2v) is 7.05. The van der Waals surface area contributed by atoms with Crippen LogP contribution in [0.4, 0.5) is 20.2 Å². The smallest absolute Gasteiger partial charge is 0.167 e. The van der Waals surface area contributed by atoms with E-state index in [-0.39, 0.29) is 11.6 Å². The molecule has 4 nitrogen and oxygen atoms in total. The number of anilines is 2. The molecule has 132 valence electrons. The molecular formula is C18H19F2N3OS. The van der Waals surface area contributed by atoms with Crippen molar-refractivity contribution < 1.29 is 13.5 Å². The molecule has 0 bridgehead atoms. The van der Waals surface area contributed by atoms with Gasteiger partial charge in [0, 0.05) is 38.3 Å². The summed E-state index contributed by atoms with van der Waals surface area (Å²) in [5.41, 5.74) is 1.43. The van der Waals surface area contributed by atoms with Crippen LogP contribution in [0.3, 0.4) is 0 Å². The molecule has 2 aromatic rings. The largest absolute Gasteiger partial charge is 0.487 e. The van der Waals surface area contributed by atoms with Crippen LogP contribution in [0.5, 0.6) is 5.75 Å².